The lowest BCUT2D eigenvalue weighted by atomic mass is 9.91. The molecule has 2 aromatic rings. The lowest BCUT2D eigenvalue weighted by Gasteiger charge is -2.37. The van der Waals surface area contributed by atoms with Gasteiger partial charge in [0.2, 0.25) is 5.91 Å². The fourth-order valence-corrected chi connectivity index (χ4v) is 4.97. The van der Waals surface area contributed by atoms with E-state index in [1.165, 1.54) is 11.8 Å². The van der Waals surface area contributed by atoms with Crippen molar-refractivity contribution in [3.05, 3.63) is 82.4 Å². The van der Waals surface area contributed by atoms with Crippen LogP contribution in [0.25, 0.3) is 5.70 Å². The van der Waals surface area contributed by atoms with Gasteiger partial charge >= 0.3 is 5.97 Å². The van der Waals surface area contributed by atoms with Crippen LogP contribution in [0.4, 0.5) is 0 Å². The standard InChI is InChI=1S/C27H29N3O4S/c1-5-29(3)22(31)16-20-17-35-27-28-24(18-10-8-7-9-11-18)23(26(32)34-6-2)25(30(20)27)19-12-14-21(33-4)15-13-19/h7-15,17,25H,5-6,16H2,1-4H3. The molecular weight excluding hydrogens is 462 g/mol. The third-order valence-electron chi connectivity index (χ3n) is 6.02. The Morgan fingerprint density at radius 2 is 1.80 bits per heavy atom. The molecule has 0 spiro atoms. The summed E-state index contributed by atoms with van der Waals surface area (Å²) in [6.07, 6.45) is 0.208. The molecule has 1 amide bonds. The van der Waals surface area contributed by atoms with Crippen LogP contribution in [-0.2, 0) is 14.3 Å². The maximum atomic E-state index is 13.5. The summed E-state index contributed by atoms with van der Waals surface area (Å²) in [6, 6.07) is 16.8. The summed E-state index contributed by atoms with van der Waals surface area (Å²) in [7, 11) is 3.40. The number of ether oxygens (including phenoxy) is 2. The van der Waals surface area contributed by atoms with Gasteiger partial charge < -0.3 is 19.3 Å². The van der Waals surface area contributed by atoms with Gasteiger partial charge in [0.05, 0.1) is 37.4 Å². The summed E-state index contributed by atoms with van der Waals surface area (Å²) in [6.45, 7) is 4.59. The van der Waals surface area contributed by atoms with Crippen molar-refractivity contribution in [3.8, 4) is 5.75 Å². The Balaban J connectivity index is 1.88. The van der Waals surface area contributed by atoms with Crippen molar-refractivity contribution in [2.75, 3.05) is 27.3 Å². The van der Waals surface area contributed by atoms with E-state index in [9.17, 15) is 9.59 Å². The van der Waals surface area contributed by atoms with E-state index in [2.05, 4.69) is 0 Å². The van der Waals surface area contributed by atoms with Crippen molar-refractivity contribution in [3.63, 3.8) is 0 Å². The number of rotatable bonds is 8. The first-order valence-electron chi connectivity index (χ1n) is 11.6. The average molecular weight is 492 g/mol. The minimum absolute atomic E-state index is 0.00426. The molecule has 2 aromatic carbocycles. The molecular formula is C27H29N3O4S. The number of amidine groups is 1. The van der Waals surface area contributed by atoms with Gasteiger partial charge in [0.15, 0.2) is 5.17 Å². The van der Waals surface area contributed by atoms with Crippen LogP contribution in [0.1, 0.15) is 37.4 Å². The fourth-order valence-electron chi connectivity index (χ4n) is 4.06. The molecule has 0 radical (unpaired) electrons. The summed E-state index contributed by atoms with van der Waals surface area (Å²) in [5.74, 6) is 0.294. The first-order valence-corrected chi connectivity index (χ1v) is 12.4. The minimum Gasteiger partial charge on any atom is -0.497 e. The number of fused-ring (bicyclic) bond motifs is 1. The van der Waals surface area contributed by atoms with E-state index < -0.39 is 12.0 Å². The predicted molar refractivity (Wildman–Crippen MR) is 139 cm³/mol. The summed E-state index contributed by atoms with van der Waals surface area (Å²) < 4.78 is 10.9. The number of nitrogens with zero attached hydrogens (tertiary/aromatic N) is 3. The zero-order valence-corrected chi connectivity index (χ0v) is 21.2. The van der Waals surface area contributed by atoms with Crippen LogP contribution in [0.5, 0.6) is 5.75 Å². The van der Waals surface area contributed by atoms with E-state index in [0.29, 0.717) is 17.8 Å². The average Bonchev–Trinajstić information content (AvgIpc) is 3.29. The van der Waals surface area contributed by atoms with Crippen molar-refractivity contribution < 1.29 is 19.1 Å². The number of thioether (sulfide) groups is 1. The molecule has 182 valence electrons. The molecule has 8 heteroatoms. The number of carbonyl (C=O) groups excluding carboxylic acids is 2. The number of benzene rings is 2. The Hall–Kier alpha value is -3.52. The number of aliphatic imine (C=N–C) groups is 1. The van der Waals surface area contributed by atoms with Crippen molar-refractivity contribution >= 4 is 34.5 Å². The summed E-state index contributed by atoms with van der Waals surface area (Å²) in [5.41, 5.74) is 3.53. The van der Waals surface area contributed by atoms with Gasteiger partial charge in [-0.15, -0.1) is 0 Å². The van der Waals surface area contributed by atoms with E-state index in [1.807, 2.05) is 71.8 Å². The molecule has 2 aliphatic rings. The highest BCUT2D eigenvalue weighted by atomic mass is 32.2. The number of hydrogen-bond donors (Lipinski definition) is 0. The third-order valence-corrected chi connectivity index (χ3v) is 6.91. The summed E-state index contributed by atoms with van der Waals surface area (Å²) in [4.78, 5) is 34.9. The van der Waals surface area contributed by atoms with Crippen molar-refractivity contribution in [1.29, 1.82) is 0 Å². The van der Waals surface area contributed by atoms with Crippen LogP contribution in [-0.4, -0.2) is 54.2 Å². The first-order chi connectivity index (χ1) is 17.0. The van der Waals surface area contributed by atoms with Crippen LogP contribution in [0, 0.1) is 0 Å². The molecule has 0 aliphatic carbocycles. The molecule has 4 rings (SSSR count). The molecule has 2 heterocycles. The SMILES string of the molecule is CCOC(=O)C1=C(c2ccccc2)N=C2SC=C(CC(=O)N(C)CC)N2C1c1ccc(OC)cc1. The highest BCUT2D eigenvalue weighted by Gasteiger charge is 2.42. The number of methoxy groups -OCH3 is 1. The van der Waals surface area contributed by atoms with E-state index >= 15 is 0 Å². The minimum atomic E-state index is -0.511. The normalized spacial score (nSPS) is 16.9. The second kappa shape index (κ2) is 10.8. The van der Waals surface area contributed by atoms with Crippen molar-refractivity contribution in [1.82, 2.24) is 9.80 Å². The van der Waals surface area contributed by atoms with Gasteiger partial charge in [-0.25, -0.2) is 9.79 Å². The van der Waals surface area contributed by atoms with E-state index in [4.69, 9.17) is 14.5 Å². The van der Waals surface area contributed by atoms with Gasteiger partial charge in [-0.05, 0) is 37.0 Å². The zero-order valence-electron chi connectivity index (χ0n) is 20.4. The van der Waals surface area contributed by atoms with E-state index in [0.717, 1.165) is 27.7 Å². The lowest BCUT2D eigenvalue weighted by molar-refractivity contribution is -0.139. The van der Waals surface area contributed by atoms with Crippen molar-refractivity contribution in [2.45, 2.75) is 26.3 Å². The molecule has 0 bridgehead atoms. The largest absolute Gasteiger partial charge is 0.497 e. The number of hydrogen-bond acceptors (Lipinski definition) is 7. The molecule has 7 nitrogen and oxygen atoms in total. The second-order valence-corrected chi connectivity index (χ2v) is 8.94. The molecule has 0 fully saturated rings. The third kappa shape index (κ3) is 4.98. The van der Waals surface area contributed by atoms with E-state index in [1.54, 1.807) is 26.0 Å². The quantitative estimate of drug-likeness (QED) is 0.492. The Kier molecular flexibility index (Phi) is 7.60. The van der Waals surface area contributed by atoms with Gasteiger partial charge in [0, 0.05) is 24.9 Å². The molecule has 0 saturated heterocycles. The molecule has 1 unspecified atom stereocenters. The highest BCUT2D eigenvalue weighted by molar-refractivity contribution is 8.16. The second-order valence-electron chi connectivity index (χ2n) is 8.10. The molecule has 2 aliphatic heterocycles. The predicted octanol–water partition coefficient (Wildman–Crippen LogP) is 4.84. The maximum Gasteiger partial charge on any atom is 0.338 e. The summed E-state index contributed by atoms with van der Waals surface area (Å²) in [5, 5.41) is 2.67. The molecule has 35 heavy (non-hydrogen) atoms. The van der Waals surface area contributed by atoms with Gasteiger partial charge in [0.25, 0.3) is 0 Å². The first kappa shape index (κ1) is 24.6. The monoisotopic (exact) mass is 491 g/mol. The highest BCUT2D eigenvalue weighted by Crippen LogP contribution is 2.47. The Morgan fingerprint density at radius 3 is 2.43 bits per heavy atom. The maximum absolute atomic E-state index is 13.5. The van der Waals surface area contributed by atoms with E-state index in [-0.39, 0.29) is 18.9 Å². The Morgan fingerprint density at radius 1 is 1.09 bits per heavy atom. The number of carbonyl (C=O) groups is 2. The van der Waals surface area contributed by atoms with Crippen LogP contribution in [0.3, 0.4) is 0 Å². The lowest BCUT2D eigenvalue weighted by Crippen LogP contribution is -2.38. The molecule has 0 aromatic heterocycles. The Labute approximate surface area is 210 Å². The molecule has 0 saturated carbocycles. The topological polar surface area (TPSA) is 71.4 Å². The number of esters is 1. The molecule has 1 atom stereocenters. The Bertz CT molecular complexity index is 1190. The smallest absolute Gasteiger partial charge is 0.338 e. The van der Waals surface area contributed by atoms with Gasteiger partial charge in [0.1, 0.15) is 5.75 Å². The van der Waals surface area contributed by atoms with Gasteiger partial charge in [-0.3, -0.25) is 4.79 Å². The molecule has 0 N–H and O–H groups in total. The fraction of sp³-hybridized carbons (Fsp3) is 0.296. The van der Waals surface area contributed by atoms with Crippen LogP contribution in [0.2, 0.25) is 0 Å². The van der Waals surface area contributed by atoms with Crippen LogP contribution >= 0.6 is 11.8 Å². The zero-order chi connectivity index (χ0) is 24.9. The summed E-state index contributed by atoms with van der Waals surface area (Å²) >= 11 is 1.46. The van der Waals surface area contributed by atoms with Crippen LogP contribution in [0.15, 0.2) is 76.3 Å². The van der Waals surface area contributed by atoms with Crippen LogP contribution < -0.4 is 4.74 Å². The van der Waals surface area contributed by atoms with Crippen molar-refractivity contribution in [2.24, 2.45) is 4.99 Å². The van der Waals surface area contributed by atoms with Gasteiger partial charge in [-0.1, -0.05) is 54.2 Å². The number of amides is 1. The van der Waals surface area contributed by atoms with Gasteiger partial charge in [-0.2, -0.15) is 0 Å².